The lowest BCUT2D eigenvalue weighted by atomic mass is 10.1. The Hall–Kier alpha value is -1.24. The average Bonchev–Trinajstić information content (AvgIpc) is 2.37. The summed E-state index contributed by atoms with van der Waals surface area (Å²) in [7, 11) is -3.71. The lowest BCUT2D eigenvalue weighted by Gasteiger charge is -2.17. The summed E-state index contributed by atoms with van der Waals surface area (Å²) in [5.41, 5.74) is 1.21. The number of hydrogen-bond donors (Lipinski definition) is 1. The molecule has 6 heteroatoms. The Kier molecular flexibility index (Phi) is 4.81. The van der Waals surface area contributed by atoms with Gasteiger partial charge in [-0.3, -0.25) is 0 Å². The fraction of sp³-hybridized carbons (Fsp3) is 0.200. The van der Waals surface area contributed by atoms with Crippen LogP contribution in [0.1, 0.15) is 24.1 Å². The van der Waals surface area contributed by atoms with Crippen molar-refractivity contribution in [3.8, 4) is 0 Å². The molecule has 2 rings (SSSR count). The smallest absolute Gasteiger partial charge is 0.207 e. The molecule has 1 unspecified atom stereocenters. The van der Waals surface area contributed by atoms with Crippen LogP contribution in [0.4, 0.5) is 4.39 Å². The first-order valence-corrected chi connectivity index (χ1v) is 8.62. The van der Waals surface area contributed by atoms with Crippen molar-refractivity contribution >= 4 is 26.0 Å². The van der Waals surface area contributed by atoms with Gasteiger partial charge in [0.2, 0.25) is 10.0 Å². The Balaban J connectivity index is 2.31. The Morgan fingerprint density at radius 2 is 1.86 bits per heavy atom. The van der Waals surface area contributed by atoms with Crippen LogP contribution in [0.15, 0.2) is 51.8 Å². The highest BCUT2D eigenvalue weighted by Gasteiger charge is 2.21. The average molecular weight is 372 g/mol. The third-order valence-corrected chi connectivity index (χ3v) is 5.55. The molecule has 0 aliphatic heterocycles. The van der Waals surface area contributed by atoms with Crippen LogP contribution >= 0.6 is 15.9 Å². The third kappa shape index (κ3) is 3.70. The van der Waals surface area contributed by atoms with Crippen molar-refractivity contribution in [3.63, 3.8) is 0 Å². The molecule has 0 saturated heterocycles. The third-order valence-electron chi connectivity index (χ3n) is 3.13. The summed E-state index contributed by atoms with van der Waals surface area (Å²) < 4.78 is 41.4. The zero-order chi connectivity index (χ0) is 15.6. The van der Waals surface area contributed by atoms with Gasteiger partial charge in [-0.05, 0) is 49.2 Å². The number of nitrogens with one attached hydrogen (secondary N) is 1. The molecule has 0 saturated carbocycles. The quantitative estimate of drug-likeness (QED) is 0.884. The molecule has 0 aliphatic rings. The predicted molar refractivity (Wildman–Crippen MR) is 84.0 cm³/mol. The molecule has 1 atom stereocenters. The summed E-state index contributed by atoms with van der Waals surface area (Å²) >= 11 is 3.40. The number of benzene rings is 2. The van der Waals surface area contributed by atoms with Crippen molar-refractivity contribution in [2.45, 2.75) is 24.8 Å². The van der Waals surface area contributed by atoms with Crippen molar-refractivity contribution in [2.75, 3.05) is 0 Å². The van der Waals surface area contributed by atoms with E-state index in [9.17, 15) is 12.8 Å². The summed E-state index contributed by atoms with van der Waals surface area (Å²) in [6.45, 7) is 3.33. The van der Waals surface area contributed by atoms with Gasteiger partial charge < -0.3 is 0 Å². The maximum Gasteiger partial charge on any atom is 0.241 e. The highest BCUT2D eigenvalue weighted by atomic mass is 79.9. The molecule has 0 radical (unpaired) electrons. The van der Waals surface area contributed by atoms with E-state index in [0.717, 1.165) is 16.1 Å². The molecule has 21 heavy (non-hydrogen) atoms. The number of rotatable bonds is 4. The van der Waals surface area contributed by atoms with Gasteiger partial charge in [0.25, 0.3) is 0 Å². The molecule has 0 aliphatic carbocycles. The van der Waals surface area contributed by atoms with Crippen LogP contribution in [0, 0.1) is 12.7 Å². The second-order valence-electron chi connectivity index (χ2n) is 4.77. The van der Waals surface area contributed by atoms with Crippen molar-refractivity contribution in [1.82, 2.24) is 4.72 Å². The molecule has 0 fully saturated rings. The minimum absolute atomic E-state index is 0.0859. The second-order valence-corrected chi connectivity index (χ2v) is 7.31. The Labute approximate surface area is 132 Å². The van der Waals surface area contributed by atoms with E-state index in [0.29, 0.717) is 5.56 Å². The van der Waals surface area contributed by atoms with Crippen molar-refractivity contribution in [2.24, 2.45) is 0 Å². The Morgan fingerprint density at radius 1 is 1.19 bits per heavy atom. The van der Waals surface area contributed by atoms with Crippen LogP contribution in [0.5, 0.6) is 0 Å². The normalized spacial score (nSPS) is 13.1. The molecule has 2 aromatic carbocycles. The SMILES string of the molecule is Cc1cc(F)ccc1S(=O)(=O)NC(C)c1ccccc1Br. The van der Waals surface area contributed by atoms with Crippen LogP contribution in [0.25, 0.3) is 0 Å². The number of aryl methyl sites for hydroxylation is 1. The number of halogens is 2. The molecule has 0 amide bonds. The van der Waals surface area contributed by atoms with Crippen LogP contribution in [-0.4, -0.2) is 8.42 Å². The van der Waals surface area contributed by atoms with Crippen LogP contribution in [0.3, 0.4) is 0 Å². The molecule has 1 N–H and O–H groups in total. The van der Waals surface area contributed by atoms with Crippen LogP contribution in [0.2, 0.25) is 0 Å². The van der Waals surface area contributed by atoms with Crippen LogP contribution in [-0.2, 0) is 10.0 Å². The van der Waals surface area contributed by atoms with E-state index in [4.69, 9.17) is 0 Å². The van der Waals surface area contributed by atoms with Gasteiger partial charge in [0, 0.05) is 10.5 Å². The van der Waals surface area contributed by atoms with Gasteiger partial charge in [0.05, 0.1) is 4.90 Å². The van der Waals surface area contributed by atoms with E-state index in [-0.39, 0.29) is 4.90 Å². The molecular formula is C15H15BrFNO2S. The molecule has 3 nitrogen and oxygen atoms in total. The largest absolute Gasteiger partial charge is 0.241 e. The Bertz CT molecular complexity index is 762. The monoisotopic (exact) mass is 371 g/mol. The highest BCUT2D eigenvalue weighted by Crippen LogP contribution is 2.25. The molecular weight excluding hydrogens is 357 g/mol. The van der Waals surface area contributed by atoms with E-state index in [1.807, 2.05) is 24.3 Å². The topological polar surface area (TPSA) is 46.2 Å². The summed E-state index contributed by atoms with van der Waals surface area (Å²) in [6.07, 6.45) is 0. The molecule has 0 spiro atoms. The summed E-state index contributed by atoms with van der Waals surface area (Å²) in [5, 5.41) is 0. The van der Waals surface area contributed by atoms with Gasteiger partial charge in [0.1, 0.15) is 5.82 Å². The van der Waals surface area contributed by atoms with Gasteiger partial charge in [-0.1, -0.05) is 34.1 Å². The molecule has 2 aromatic rings. The standard InChI is InChI=1S/C15H15BrFNO2S/c1-10-9-12(17)7-8-15(10)21(19,20)18-11(2)13-5-3-4-6-14(13)16/h3-9,11,18H,1-2H3. The van der Waals surface area contributed by atoms with E-state index in [2.05, 4.69) is 20.7 Å². The van der Waals surface area contributed by atoms with Crippen molar-refractivity contribution in [1.29, 1.82) is 0 Å². The van der Waals surface area contributed by atoms with Crippen LogP contribution < -0.4 is 4.72 Å². The fourth-order valence-electron chi connectivity index (χ4n) is 2.10. The maximum absolute atomic E-state index is 13.1. The van der Waals surface area contributed by atoms with Gasteiger partial charge >= 0.3 is 0 Å². The molecule has 0 bridgehead atoms. The molecule has 112 valence electrons. The first kappa shape index (κ1) is 16.1. The summed E-state index contributed by atoms with van der Waals surface area (Å²) in [6, 6.07) is 10.6. The lowest BCUT2D eigenvalue weighted by molar-refractivity contribution is 0.565. The van der Waals surface area contributed by atoms with E-state index < -0.39 is 21.9 Å². The zero-order valence-corrected chi connectivity index (χ0v) is 14.0. The number of sulfonamides is 1. The lowest BCUT2D eigenvalue weighted by Crippen LogP contribution is -2.27. The van der Waals surface area contributed by atoms with Crippen molar-refractivity contribution < 1.29 is 12.8 Å². The van der Waals surface area contributed by atoms with E-state index >= 15 is 0 Å². The minimum Gasteiger partial charge on any atom is -0.207 e. The highest BCUT2D eigenvalue weighted by molar-refractivity contribution is 9.10. The molecule has 0 heterocycles. The molecule has 0 aromatic heterocycles. The number of hydrogen-bond acceptors (Lipinski definition) is 2. The zero-order valence-electron chi connectivity index (χ0n) is 11.6. The summed E-state index contributed by atoms with van der Waals surface area (Å²) in [4.78, 5) is 0.0859. The van der Waals surface area contributed by atoms with Gasteiger partial charge in [-0.25, -0.2) is 17.5 Å². The van der Waals surface area contributed by atoms with Crippen molar-refractivity contribution in [3.05, 3.63) is 63.9 Å². The van der Waals surface area contributed by atoms with Gasteiger partial charge in [-0.2, -0.15) is 0 Å². The second kappa shape index (κ2) is 6.25. The Morgan fingerprint density at radius 3 is 2.48 bits per heavy atom. The van der Waals surface area contributed by atoms with E-state index in [1.54, 1.807) is 13.8 Å². The first-order chi connectivity index (χ1) is 9.81. The first-order valence-electron chi connectivity index (χ1n) is 6.34. The minimum atomic E-state index is -3.71. The van der Waals surface area contributed by atoms with E-state index in [1.165, 1.54) is 12.1 Å². The predicted octanol–water partition coefficient (Wildman–Crippen LogP) is 3.94. The summed E-state index contributed by atoms with van der Waals surface area (Å²) in [5.74, 6) is -0.453. The fourth-order valence-corrected chi connectivity index (χ4v) is 4.18. The van der Waals surface area contributed by atoms with Gasteiger partial charge in [-0.15, -0.1) is 0 Å². The maximum atomic E-state index is 13.1. The van der Waals surface area contributed by atoms with Gasteiger partial charge in [0.15, 0.2) is 0 Å².